The van der Waals surface area contributed by atoms with Gasteiger partial charge in [-0.2, -0.15) is 0 Å². The highest BCUT2D eigenvalue weighted by Gasteiger charge is 2.27. The first-order valence-corrected chi connectivity index (χ1v) is 7.49. The number of nitrogens with zero attached hydrogens (tertiary/aromatic N) is 1. The second kappa shape index (κ2) is 7.31. The molecule has 21 heavy (non-hydrogen) atoms. The van der Waals surface area contributed by atoms with E-state index < -0.39 is 5.97 Å². The molecule has 1 aromatic rings. The highest BCUT2D eigenvalue weighted by molar-refractivity contribution is 6.30. The average Bonchev–Trinajstić information content (AvgIpc) is 2.47. The molecule has 5 nitrogen and oxygen atoms in total. The largest absolute Gasteiger partial charge is 0.481 e. The van der Waals surface area contributed by atoms with Gasteiger partial charge in [0.05, 0.1) is 0 Å². The fraction of sp³-hybridized carbons (Fsp3) is 0.467. The number of urea groups is 1. The summed E-state index contributed by atoms with van der Waals surface area (Å²) >= 11 is 5.81. The second-order valence-electron chi connectivity index (χ2n) is 5.21. The Morgan fingerprint density at radius 3 is 2.67 bits per heavy atom. The Balaban J connectivity index is 1.97. The molecular formula is C15H19ClN2O3. The molecule has 0 aliphatic carbocycles. The number of amides is 2. The molecule has 6 heteroatoms. The van der Waals surface area contributed by atoms with E-state index in [2.05, 4.69) is 5.32 Å². The number of benzene rings is 1. The van der Waals surface area contributed by atoms with Gasteiger partial charge in [-0.3, -0.25) is 4.79 Å². The van der Waals surface area contributed by atoms with Crippen LogP contribution in [0.2, 0.25) is 5.02 Å². The molecule has 1 saturated heterocycles. The average molecular weight is 311 g/mol. The topological polar surface area (TPSA) is 69.6 Å². The molecule has 1 fully saturated rings. The molecular weight excluding hydrogens is 292 g/mol. The highest BCUT2D eigenvalue weighted by atomic mass is 35.5. The first-order chi connectivity index (χ1) is 10.1. The number of halogens is 1. The van der Waals surface area contributed by atoms with Gasteiger partial charge >= 0.3 is 12.0 Å². The van der Waals surface area contributed by atoms with Gasteiger partial charge in [-0.15, -0.1) is 0 Å². The van der Waals surface area contributed by atoms with Gasteiger partial charge in [0.25, 0.3) is 0 Å². The molecule has 114 valence electrons. The number of likely N-dealkylation sites (tertiary alicyclic amines) is 1. The number of rotatable bonds is 4. The number of carboxylic acids is 1. The van der Waals surface area contributed by atoms with Gasteiger partial charge in [-0.1, -0.05) is 11.6 Å². The van der Waals surface area contributed by atoms with Gasteiger partial charge in [0.2, 0.25) is 0 Å². The van der Waals surface area contributed by atoms with Gasteiger partial charge in [-0.25, -0.2) is 4.79 Å². The number of carboxylic acid groups (broad SMARTS) is 1. The number of carbonyl (C=O) groups is 2. The SMILES string of the molecule is O=C(O)CCC1CCCCN1C(=O)Nc1ccc(Cl)cc1. The fourth-order valence-corrected chi connectivity index (χ4v) is 2.71. The summed E-state index contributed by atoms with van der Waals surface area (Å²) in [5.74, 6) is -0.821. The lowest BCUT2D eigenvalue weighted by atomic mass is 9.98. The second-order valence-corrected chi connectivity index (χ2v) is 5.65. The van der Waals surface area contributed by atoms with Gasteiger partial charge in [-0.05, 0) is 49.9 Å². The van der Waals surface area contributed by atoms with E-state index in [4.69, 9.17) is 16.7 Å². The first-order valence-electron chi connectivity index (χ1n) is 7.11. The van der Waals surface area contributed by atoms with Gasteiger partial charge < -0.3 is 15.3 Å². The van der Waals surface area contributed by atoms with E-state index in [0.717, 1.165) is 19.3 Å². The van der Waals surface area contributed by atoms with Crippen molar-refractivity contribution in [2.45, 2.75) is 38.1 Å². The zero-order valence-corrected chi connectivity index (χ0v) is 12.5. The summed E-state index contributed by atoms with van der Waals surface area (Å²) in [6, 6.07) is 6.76. The summed E-state index contributed by atoms with van der Waals surface area (Å²) in [6.45, 7) is 0.670. The molecule has 2 rings (SSSR count). The molecule has 1 atom stereocenters. The van der Waals surface area contributed by atoms with E-state index in [1.165, 1.54) is 0 Å². The number of aliphatic carboxylic acids is 1. The number of carbonyl (C=O) groups excluding carboxylic acids is 1. The van der Waals surface area contributed by atoms with Crippen LogP contribution < -0.4 is 5.32 Å². The van der Waals surface area contributed by atoms with E-state index in [1.54, 1.807) is 29.2 Å². The van der Waals surface area contributed by atoms with Crippen LogP contribution in [0.4, 0.5) is 10.5 Å². The van der Waals surface area contributed by atoms with E-state index in [0.29, 0.717) is 23.7 Å². The maximum absolute atomic E-state index is 12.3. The van der Waals surface area contributed by atoms with Crippen LogP contribution in [0.25, 0.3) is 0 Å². The first kappa shape index (κ1) is 15.6. The van der Waals surface area contributed by atoms with Crippen molar-refractivity contribution in [1.82, 2.24) is 4.90 Å². The zero-order valence-electron chi connectivity index (χ0n) is 11.7. The molecule has 1 aliphatic rings. The third-order valence-electron chi connectivity index (χ3n) is 3.67. The standard InChI is InChI=1S/C15H19ClN2O3/c16-11-4-6-12(7-5-11)17-15(21)18-10-2-1-3-13(18)8-9-14(19)20/h4-7,13H,1-3,8-10H2,(H,17,21)(H,19,20). The van der Waals surface area contributed by atoms with E-state index >= 15 is 0 Å². The predicted molar refractivity (Wildman–Crippen MR) is 81.7 cm³/mol. The third kappa shape index (κ3) is 4.63. The summed E-state index contributed by atoms with van der Waals surface area (Å²) < 4.78 is 0. The third-order valence-corrected chi connectivity index (χ3v) is 3.93. The molecule has 1 aliphatic heterocycles. The van der Waals surface area contributed by atoms with Crippen LogP contribution in [0.1, 0.15) is 32.1 Å². The van der Waals surface area contributed by atoms with Crippen molar-refractivity contribution < 1.29 is 14.7 Å². The molecule has 0 bridgehead atoms. The van der Waals surface area contributed by atoms with Crippen LogP contribution in [0.5, 0.6) is 0 Å². The van der Waals surface area contributed by atoms with Crippen LogP contribution >= 0.6 is 11.6 Å². The van der Waals surface area contributed by atoms with Crippen LogP contribution in [0, 0.1) is 0 Å². The number of piperidine rings is 1. The van der Waals surface area contributed by atoms with Crippen molar-refractivity contribution in [2.24, 2.45) is 0 Å². The smallest absolute Gasteiger partial charge is 0.322 e. The minimum atomic E-state index is -0.821. The Kier molecular flexibility index (Phi) is 5.44. The summed E-state index contributed by atoms with van der Waals surface area (Å²) in [6.07, 6.45) is 3.45. The molecule has 1 unspecified atom stereocenters. The molecule has 1 aromatic carbocycles. The molecule has 0 saturated carbocycles. The summed E-state index contributed by atoms with van der Waals surface area (Å²) in [5, 5.41) is 12.3. The van der Waals surface area contributed by atoms with E-state index in [9.17, 15) is 9.59 Å². The Hall–Kier alpha value is -1.75. The number of anilines is 1. The Labute approximate surface area is 128 Å². The summed E-state index contributed by atoms with van der Waals surface area (Å²) in [7, 11) is 0. The number of hydrogen-bond donors (Lipinski definition) is 2. The van der Waals surface area contributed by atoms with Crippen molar-refractivity contribution in [2.75, 3.05) is 11.9 Å². The fourth-order valence-electron chi connectivity index (χ4n) is 2.59. The Morgan fingerprint density at radius 1 is 1.29 bits per heavy atom. The molecule has 0 aromatic heterocycles. The van der Waals surface area contributed by atoms with Crippen molar-refractivity contribution in [3.05, 3.63) is 29.3 Å². The zero-order chi connectivity index (χ0) is 15.2. The van der Waals surface area contributed by atoms with Gasteiger partial charge in [0.15, 0.2) is 0 Å². The van der Waals surface area contributed by atoms with E-state index in [-0.39, 0.29) is 18.5 Å². The van der Waals surface area contributed by atoms with Crippen molar-refractivity contribution in [1.29, 1.82) is 0 Å². The Morgan fingerprint density at radius 2 is 2.00 bits per heavy atom. The molecule has 0 radical (unpaired) electrons. The van der Waals surface area contributed by atoms with Crippen molar-refractivity contribution in [3.63, 3.8) is 0 Å². The number of nitrogens with one attached hydrogen (secondary N) is 1. The minimum Gasteiger partial charge on any atom is -0.481 e. The van der Waals surface area contributed by atoms with Crippen LogP contribution in [0.15, 0.2) is 24.3 Å². The predicted octanol–water partition coefficient (Wildman–Crippen LogP) is 3.59. The van der Waals surface area contributed by atoms with E-state index in [1.807, 2.05) is 0 Å². The minimum absolute atomic E-state index is 0.00199. The van der Waals surface area contributed by atoms with Crippen molar-refractivity contribution in [3.8, 4) is 0 Å². The lowest BCUT2D eigenvalue weighted by Crippen LogP contribution is -2.46. The monoisotopic (exact) mass is 310 g/mol. The Bertz CT molecular complexity index is 504. The van der Waals surface area contributed by atoms with Crippen LogP contribution in [-0.2, 0) is 4.79 Å². The van der Waals surface area contributed by atoms with Crippen LogP contribution in [0.3, 0.4) is 0 Å². The maximum Gasteiger partial charge on any atom is 0.322 e. The maximum atomic E-state index is 12.3. The molecule has 1 heterocycles. The summed E-state index contributed by atoms with van der Waals surface area (Å²) in [4.78, 5) is 24.8. The molecule has 2 amide bonds. The van der Waals surface area contributed by atoms with Gasteiger partial charge in [0.1, 0.15) is 0 Å². The van der Waals surface area contributed by atoms with Gasteiger partial charge in [0, 0.05) is 29.7 Å². The van der Waals surface area contributed by atoms with Crippen LogP contribution in [-0.4, -0.2) is 34.6 Å². The lowest BCUT2D eigenvalue weighted by molar-refractivity contribution is -0.137. The molecule has 0 spiro atoms. The molecule has 2 N–H and O–H groups in total. The normalized spacial score (nSPS) is 18.3. The van der Waals surface area contributed by atoms with Crippen molar-refractivity contribution >= 4 is 29.3 Å². The lowest BCUT2D eigenvalue weighted by Gasteiger charge is -2.35. The number of hydrogen-bond acceptors (Lipinski definition) is 2. The summed E-state index contributed by atoms with van der Waals surface area (Å²) in [5.41, 5.74) is 0.687. The quantitative estimate of drug-likeness (QED) is 0.893. The highest BCUT2D eigenvalue weighted by Crippen LogP contribution is 2.22.